The van der Waals surface area contributed by atoms with Gasteiger partial charge in [0.25, 0.3) is 0 Å². The van der Waals surface area contributed by atoms with Gasteiger partial charge in [-0.2, -0.15) is 18.3 Å². The average molecular weight is 286 g/mol. The fourth-order valence-corrected chi connectivity index (χ4v) is 1.45. The van der Waals surface area contributed by atoms with E-state index >= 15 is 0 Å². The van der Waals surface area contributed by atoms with E-state index < -0.39 is 17.7 Å². The molecule has 0 bridgehead atoms. The molecule has 0 aliphatic rings. The number of hydrogen-bond acceptors (Lipinski definition) is 3. The number of halogens is 3. The molecule has 1 aromatic carbocycles. The van der Waals surface area contributed by atoms with Crippen molar-refractivity contribution >= 4 is 5.97 Å². The topological polar surface area (TPSA) is 75.2 Å². The number of carboxylic acids is 1. The van der Waals surface area contributed by atoms with Gasteiger partial charge in [0.2, 0.25) is 0 Å². The van der Waals surface area contributed by atoms with E-state index in [1.165, 1.54) is 18.2 Å². The Bertz CT molecular complexity index is 605. The van der Waals surface area contributed by atoms with Crippen LogP contribution in [-0.2, 0) is 12.8 Å². The first-order chi connectivity index (χ1) is 9.36. The highest BCUT2D eigenvalue weighted by Crippen LogP contribution is 2.30. The first kappa shape index (κ1) is 13.9. The summed E-state index contributed by atoms with van der Waals surface area (Å²) in [4.78, 5) is 10.6. The lowest BCUT2D eigenvalue weighted by atomic mass is 10.2. The van der Waals surface area contributed by atoms with Crippen molar-refractivity contribution in [2.45, 2.75) is 12.8 Å². The van der Waals surface area contributed by atoms with Crippen LogP contribution in [0.2, 0.25) is 0 Å². The van der Waals surface area contributed by atoms with Gasteiger partial charge in [0.05, 0.1) is 11.3 Å². The SMILES string of the molecule is O=C(O)c1cc(COc2ccc(C(F)(F)F)cc2)[nH]n1. The molecule has 2 N–H and O–H groups in total. The van der Waals surface area contributed by atoms with Gasteiger partial charge in [-0.1, -0.05) is 0 Å². The van der Waals surface area contributed by atoms with Gasteiger partial charge in [-0.3, -0.25) is 5.10 Å². The van der Waals surface area contributed by atoms with Crippen molar-refractivity contribution in [1.29, 1.82) is 0 Å². The third kappa shape index (κ3) is 3.28. The van der Waals surface area contributed by atoms with Crippen LogP contribution in [0.1, 0.15) is 21.7 Å². The molecule has 0 amide bonds. The number of nitrogens with one attached hydrogen (secondary N) is 1. The smallest absolute Gasteiger partial charge is 0.416 e. The van der Waals surface area contributed by atoms with Gasteiger partial charge < -0.3 is 9.84 Å². The number of rotatable bonds is 4. The second-order valence-electron chi connectivity index (χ2n) is 3.89. The van der Waals surface area contributed by atoms with Crippen LogP contribution in [0.4, 0.5) is 13.2 Å². The zero-order valence-electron chi connectivity index (χ0n) is 9.94. The van der Waals surface area contributed by atoms with Gasteiger partial charge in [0.1, 0.15) is 12.4 Å². The molecular weight excluding hydrogens is 277 g/mol. The van der Waals surface area contributed by atoms with Crippen molar-refractivity contribution in [3.05, 3.63) is 47.3 Å². The summed E-state index contributed by atoms with van der Waals surface area (Å²) in [6, 6.07) is 5.48. The Kier molecular flexibility index (Phi) is 3.64. The summed E-state index contributed by atoms with van der Waals surface area (Å²) >= 11 is 0. The molecule has 8 heteroatoms. The average Bonchev–Trinajstić information content (AvgIpc) is 2.85. The van der Waals surface area contributed by atoms with Crippen LogP contribution in [0.3, 0.4) is 0 Å². The van der Waals surface area contributed by atoms with E-state index in [0.29, 0.717) is 5.69 Å². The Morgan fingerprint density at radius 2 is 1.95 bits per heavy atom. The van der Waals surface area contributed by atoms with E-state index in [-0.39, 0.29) is 18.1 Å². The number of carboxylic acid groups (broad SMARTS) is 1. The van der Waals surface area contributed by atoms with E-state index in [4.69, 9.17) is 9.84 Å². The summed E-state index contributed by atoms with van der Waals surface area (Å²) in [5.41, 5.74) is -0.516. The maximum atomic E-state index is 12.3. The minimum Gasteiger partial charge on any atom is -0.487 e. The molecule has 1 heterocycles. The molecule has 0 atom stereocenters. The molecule has 0 aliphatic heterocycles. The zero-order chi connectivity index (χ0) is 14.8. The molecular formula is C12H9F3N2O3. The lowest BCUT2D eigenvalue weighted by molar-refractivity contribution is -0.137. The van der Waals surface area contributed by atoms with Gasteiger partial charge in [0.15, 0.2) is 5.69 Å². The predicted octanol–water partition coefficient (Wildman–Crippen LogP) is 2.71. The van der Waals surface area contributed by atoms with Crippen LogP contribution < -0.4 is 4.74 Å². The molecule has 2 rings (SSSR count). The summed E-state index contributed by atoms with van der Waals surface area (Å²) in [5.74, 6) is -0.938. The Morgan fingerprint density at radius 3 is 2.45 bits per heavy atom. The maximum Gasteiger partial charge on any atom is 0.416 e. The molecule has 0 saturated heterocycles. The summed E-state index contributed by atoms with van der Waals surface area (Å²) in [7, 11) is 0. The maximum absolute atomic E-state index is 12.3. The molecule has 1 aromatic heterocycles. The molecule has 0 unspecified atom stereocenters. The monoisotopic (exact) mass is 286 g/mol. The quantitative estimate of drug-likeness (QED) is 0.906. The van der Waals surface area contributed by atoms with Crippen molar-refractivity contribution in [1.82, 2.24) is 10.2 Å². The van der Waals surface area contributed by atoms with Crippen LogP contribution in [0.25, 0.3) is 0 Å². The second-order valence-corrected chi connectivity index (χ2v) is 3.89. The van der Waals surface area contributed by atoms with Crippen molar-refractivity contribution in [3.8, 4) is 5.75 Å². The lowest BCUT2D eigenvalue weighted by Crippen LogP contribution is -2.04. The van der Waals surface area contributed by atoms with Crippen LogP contribution >= 0.6 is 0 Å². The standard InChI is InChI=1S/C12H9F3N2O3/c13-12(14,15)7-1-3-9(4-2-7)20-6-8-5-10(11(18)19)17-16-8/h1-5H,6H2,(H,16,17)(H,18,19). The number of ether oxygens (including phenoxy) is 1. The highest BCUT2D eigenvalue weighted by Gasteiger charge is 2.29. The van der Waals surface area contributed by atoms with Gasteiger partial charge in [0, 0.05) is 0 Å². The fourth-order valence-electron chi connectivity index (χ4n) is 1.45. The van der Waals surface area contributed by atoms with Gasteiger partial charge >= 0.3 is 12.1 Å². The molecule has 106 valence electrons. The van der Waals surface area contributed by atoms with Crippen LogP contribution in [0, 0.1) is 0 Å². The third-order valence-electron chi connectivity index (χ3n) is 2.43. The van der Waals surface area contributed by atoms with E-state index in [1.807, 2.05) is 0 Å². The number of alkyl halides is 3. The Labute approximate surface area is 111 Å². The zero-order valence-corrected chi connectivity index (χ0v) is 9.94. The first-order valence-corrected chi connectivity index (χ1v) is 5.44. The van der Waals surface area contributed by atoms with Crippen molar-refractivity contribution < 1.29 is 27.8 Å². The van der Waals surface area contributed by atoms with E-state index in [2.05, 4.69) is 10.2 Å². The van der Waals surface area contributed by atoms with Crippen molar-refractivity contribution in [3.63, 3.8) is 0 Å². The largest absolute Gasteiger partial charge is 0.487 e. The highest BCUT2D eigenvalue weighted by atomic mass is 19.4. The van der Waals surface area contributed by atoms with Crippen LogP contribution in [0.15, 0.2) is 30.3 Å². The van der Waals surface area contributed by atoms with Crippen LogP contribution in [0.5, 0.6) is 5.75 Å². The highest BCUT2D eigenvalue weighted by molar-refractivity contribution is 5.85. The lowest BCUT2D eigenvalue weighted by Gasteiger charge is -2.08. The van der Waals surface area contributed by atoms with Gasteiger partial charge in [-0.25, -0.2) is 4.79 Å². The summed E-state index contributed by atoms with van der Waals surface area (Å²) in [6.07, 6.45) is -4.39. The number of aromatic carboxylic acids is 1. The van der Waals surface area contributed by atoms with Gasteiger partial charge in [-0.05, 0) is 30.3 Å². The molecule has 0 spiro atoms. The number of carbonyl (C=O) groups is 1. The summed E-state index contributed by atoms with van der Waals surface area (Å²) < 4.78 is 42.2. The van der Waals surface area contributed by atoms with E-state index in [9.17, 15) is 18.0 Å². The second kappa shape index (κ2) is 5.24. The number of H-pyrrole nitrogens is 1. The predicted molar refractivity (Wildman–Crippen MR) is 61.3 cm³/mol. The Balaban J connectivity index is 1.98. The van der Waals surface area contributed by atoms with Crippen molar-refractivity contribution in [2.24, 2.45) is 0 Å². The molecule has 0 saturated carbocycles. The van der Waals surface area contributed by atoms with Crippen LogP contribution in [-0.4, -0.2) is 21.3 Å². The minimum atomic E-state index is -4.39. The molecule has 0 radical (unpaired) electrons. The van der Waals surface area contributed by atoms with Gasteiger partial charge in [-0.15, -0.1) is 0 Å². The van der Waals surface area contributed by atoms with E-state index in [0.717, 1.165) is 12.1 Å². The summed E-state index contributed by atoms with van der Waals surface area (Å²) in [5, 5.41) is 14.6. The Morgan fingerprint density at radius 1 is 1.30 bits per heavy atom. The number of aromatic nitrogens is 2. The molecule has 20 heavy (non-hydrogen) atoms. The first-order valence-electron chi connectivity index (χ1n) is 5.44. The normalized spacial score (nSPS) is 11.3. The molecule has 2 aromatic rings. The Hall–Kier alpha value is -2.51. The molecule has 0 fully saturated rings. The minimum absolute atomic E-state index is 0.0222. The third-order valence-corrected chi connectivity index (χ3v) is 2.43. The number of benzene rings is 1. The number of hydrogen-bond donors (Lipinski definition) is 2. The number of nitrogens with zero attached hydrogens (tertiary/aromatic N) is 1. The van der Waals surface area contributed by atoms with E-state index in [1.54, 1.807) is 0 Å². The molecule has 0 aliphatic carbocycles. The van der Waals surface area contributed by atoms with Crippen molar-refractivity contribution in [2.75, 3.05) is 0 Å². The summed E-state index contributed by atoms with van der Waals surface area (Å²) in [6.45, 7) is -0.0222. The molecule has 5 nitrogen and oxygen atoms in total. The number of aromatic amines is 1. The fraction of sp³-hybridized carbons (Fsp3) is 0.167.